The van der Waals surface area contributed by atoms with E-state index in [1.54, 1.807) is 4.90 Å². The number of nitrogens with one attached hydrogen (secondary N) is 1. The van der Waals surface area contributed by atoms with E-state index in [1.165, 1.54) is 5.56 Å². The highest BCUT2D eigenvalue weighted by atomic mass is 16.2. The molecule has 1 aromatic rings. The maximum absolute atomic E-state index is 12.5. The fourth-order valence-electron chi connectivity index (χ4n) is 2.95. The molecule has 2 heterocycles. The van der Waals surface area contributed by atoms with Gasteiger partial charge in [-0.05, 0) is 29.5 Å². The quantitative estimate of drug-likeness (QED) is 0.844. The van der Waals surface area contributed by atoms with Crippen molar-refractivity contribution in [3.05, 3.63) is 34.9 Å². The zero-order chi connectivity index (χ0) is 15.1. The van der Waals surface area contributed by atoms with E-state index >= 15 is 0 Å². The van der Waals surface area contributed by atoms with Crippen molar-refractivity contribution in [3.8, 4) is 0 Å². The number of benzene rings is 1. The van der Waals surface area contributed by atoms with Gasteiger partial charge < -0.3 is 4.90 Å². The summed E-state index contributed by atoms with van der Waals surface area (Å²) in [5, 5.41) is 2.31. The number of carbonyl (C=O) groups excluding carboxylic acids is 3. The van der Waals surface area contributed by atoms with E-state index in [4.69, 9.17) is 0 Å². The molecule has 2 aliphatic heterocycles. The topological polar surface area (TPSA) is 66.5 Å². The molecule has 21 heavy (non-hydrogen) atoms. The number of fused-ring (bicyclic) bond motifs is 1. The van der Waals surface area contributed by atoms with Crippen molar-refractivity contribution >= 4 is 17.7 Å². The predicted molar refractivity (Wildman–Crippen MR) is 78.7 cm³/mol. The van der Waals surface area contributed by atoms with Gasteiger partial charge in [0, 0.05) is 20.0 Å². The molecule has 112 valence electrons. The maximum Gasteiger partial charge on any atom is 0.255 e. The first-order valence-corrected chi connectivity index (χ1v) is 7.25. The zero-order valence-corrected chi connectivity index (χ0v) is 12.2. The molecule has 0 saturated carbocycles. The fourth-order valence-corrected chi connectivity index (χ4v) is 2.95. The van der Waals surface area contributed by atoms with Gasteiger partial charge in [0.1, 0.15) is 6.04 Å². The van der Waals surface area contributed by atoms with Crippen LogP contribution in [0, 0.1) is 0 Å². The number of piperidine rings is 1. The van der Waals surface area contributed by atoms with Crippen LogP contribution in [0.2, 0.25) is 0 Å². The highest BCUT2D eigenvalue weighted by molar-refractivity contribution is 6.05. The molecule has 1 atom stereocenters. The van der Waals surface area contributed by atoms with Gasteiger partial charge in [-0.15, -0.1) is 0 Å². The van der Waals surface area contributed by atoms with E-state index in [9.17, 15) is 14.4 Å². The molecule has 0 aromatic heterocycles. The number of nitrogens with zero attached hydrogens (tertiary/aromatic N) is 1. The number of imide groups is 1. The van der Waals surface area contributed by atoms with Crippen LogP contribution >= 0.6 is 0 Å². The summed E-state index contributed by atoms with van der Waals surface area (Å²) in [5.74, 6) is -0.344. The summed E-state index contributed by atoms with van der Waals surface area (Å²) in [6, 6.07) is 5.32. The summed E-state index contributed by atoms with van der Waals surface area (Å²) in [4.78, 5) is 37.2. The number of rotatable bonds is 2. The SMILES string of the molecule is CC(C)c1ccc2c(c1)CN([C@@H]1CCC(=O)NC1=O)C2=O.[HH]. The summed E-state index contributed by atoms with van der Waals surface area (Å²) in [7, 11) is 0. The van der Waals surface area contributed by atoms with E-state index in [1.807, 2.05) is 18.2 Å². The molecule has 2 aliphatic rings. The molecule has 0 bridgehead atoms. The fraction of sp³-hybridized carbons (Fsp3) is 0.438. The third-order valence-corrected chi connectivity index (χ3v) is 4.21. The van der Waals surface area contributed by atoms with Crippen LogP contribution in [0.3, 0.4) is 0 Å². The molecule has 0 aliphatic carbocycles. The van der Waals surface area contributed by atoms with Gasteiger partial charge in [-0.3, -0.25) is 19.7 Å². The minimum absolute atomic E-state index is 0. The number of carbonyl (C=O) groups is 3. The van der Waals surface area contributed by atoms with Crippen LogP contribution in [0.5, 0.6) is 0 Å². The lowest BCUT2D eigenvalue weighted by Crippen LogP contribution is -2.52. The normalized spacial score (nSPS) is 21.8. The molecule has 0 unspecified atom stereocenters. The molecule has 0 spiro atoms. The molecular formula is C16H20N2O3. The second-order valence-corrected chi connectivity index (χ2v) is 5.97. The van der Waals surface area contributed by atoms with Crippen molar-refractivity contribution < 1.29 is 15.8 Å². The Morgan fingerprint density at radius 3 is 2.71 bits per heavy atom. The first kappa shape index (κ1) is 13.8. The Bertz CT molecular complexity index is 642. The molecule has 0 radical (unpaired) electrons. The average molecular weight is 288 g/mol. The number of amides is 3. The van der Waals surface area contributed by atoms with Crippen LogP contribution in [0.1, 0.15) is 55.5 Å². The molecule has 1 fully saturated rings. The Morgan fingerprint density at radius 2 is 2.05 bits per heavy atom. The Morgan fingerprint density at radius 1 is 1.29 bits per heavy atom. The van der Waals surface area contributed by atoms with Crippen molar-refractivity contribution in [1.29, 1.82) is 0 Å². The minimum atomic E-state index is -0.537. The van der Waals surface area contributed by atoms with Crippen LogP contribution in [0.15, 0.2) is 18.2 Å². The smallest absolute Gasteiger partial charge is 0.255 e. The molecule has 1 saturated heterocycles. The highest BCUT2D eigenvalue weighted by Crippen LogP contribution is 2.29. The molecule has 1 aromatic carbocycles. The second kappa shape index (κ2) is 4.98. The van der Waals surface area contributed by atoms with E-state index in [0.717, 1.165) is 5.56 Å². The van der Waals surface area contributed by atoms with Crippen LogP contribution in [0.25, 0.3) is 0 Å². The predicted octanol–water partition coefficient (Wildman–Crippen LogP) is 1.82. The van der Waals surface area contributed by atoms with Crippen LogP contribution in [-0.4, -0.2) is 28.7 Å². The van der Waals surface area contributed by atoms with E-state index in [0.29, 0.717) is 24.4 Å². The van der Waals surface area contributed by atoms with Gasteiger partial charge in [0.15, 0.2) is 0 Å². The lowest BCUT2D eigenvalue weighted by molar-refractivity contribution is -0.136. The first-order chi connectivity index (χ1) is 9.97. The lowest BCUT2D eigenvalue weighted by atomic mass is 9.98. The van der Waals surface area contributed by atoms with Crippen molar-refractivity contribution in [2.45, 2.75) is 45.2 Å². The summed E-state index contributed by atoms with van der Waals surface area (Å²) in [6.07, 6.45) is 0.690. The van der Waals surface area contributed by atoms with Crippen molar-refractivity contribution in [1.82, 2.24) is 10.2 Å². The molecule has 5 nitrogen and oxygen atoms in total. The molecule has 3 rings (SSSR count). The van der Waals surface area contributed by atoms with Gasteiger partial charge in [0.2, 0.25) is 11.8 Å². The van der Waals surface area contributed by atoms with Gasteiger partial charge in [0.05, 0.1) is 0 Å². The zero-order valence-electron chi connectivity index (χ0n) is 12.2. The van der Waals surface area contributed by atoms with Gasteiger partial charge in [-0.1, -0.05) is 26.0 Å². The largest absolute Gasteiger partial charge is 0.322 e. The van der Waals surface area contributed by atoms with Crippen molar-refractivity contribution in [2.75, 3.05) is 0 Å². The first-order valence-electron chi connectivity index (χ1n) is 7.25. The number of hydrogen-bond donors (Lipinski definition) is 1. The average Bonchev–Trinajstić information content (AvgIpc) is 2.75. The summed E-state index contributed by atoms with van der Waals surface area (Å²) in [5.41, 5.74) is 2.83. The van der Waals surface area contributed by atoms with Crippen molar-refractivity contribution in [3.63, 3.8) is 0 Å². The van der Waals surface area contributed by atoms with E-state index in [2.05, 4.69) is 19.2 Å². The van der Waals surface area contributed by atoms with Crippen LogP contribution < -0.4 is 5.32 Å². The van der Waals surface area contributed by atoms with Gasteiger partial charge in [-0.2, -0.15) is 0 Å². The van der Waals surface area contributed by atoms with E-state index < -0.39 is 6.04 Å². The summed E-state index contributed by atoms with van der Waals surface area (Å²) >= 11 is 0. The Balaban J connectivity index is 0.00000176. The molecule has 5 heteroatoms. The van der Waals surface area contributed by atoms with Crippen molar-refractivity contribution in [2.24, 2.45) is 0 Å². The van der Waals surface area contributed by atoms with Crippen LogP contribution in [0.4, 0.5) is 0 Å². The second-order valence-electron chi connectivity index (χ2n) is 5.97. The Labute approximate surface area is 124 Å². The summed E-state index contributed by atoms with van der Waals surface area (Å²) in [6.45, 7) is 4.66. The lowest BCUT2D eigenvalue weighted by Gasteiger charge is -2.29. The summed E-state index contributed by atoms with van der Waals surface area (Å²) < 4.78 is 0. The number of hydrogen-bond acceptors (Lipinski definition) is 3. The highest BCUT2D eigenvalue weighted by Gasteiger charge is 2.39. The molecule has 1 N–H and O–H groups in total. The van der Waals surface area contributed by atoms with E-state index in [-0.39, 0.29) is 25.6 Å². The third-order valence-electron chi connectivity index (χ3n) is 4.21. The van der Waals surface area contributed by atoms with Gasteiger partial charge in [-0.25, -0.2) is 0 Å². The maximum atomic E-state index is 12.5. The van der Waals surface area contributed by atoms with Crippen LogP contribution in [-0.2, 0) is 16.1 Å². The Hall–Kier alpha value is -2.17. The third kappa shape index (κ3) is 2.33. The Kier molecular flexibility index (Phi) is 3.27. The van der Waals surface area contributed by atoms with Gasteiger partial charge in [0.25, 0.3) is 5.91 Å². The molecule has 3 amide bonds. The monoisotopic (exact) mass is 288 g/mol. The minimum Gasteiger partial charge on any atom is -0.322 e. The molecular weight excluding hydrogens is 268 g/mol. The standard InChI is InChI=1S/C16H18N2O3.H2/c1-9(2)10-3-4-12-11(7-10)8-18(16(12)21)13-5-6-14(19)17-15(13)20;/h3-4,7,9,13H,5-6,8H2,1-2H3,(H,17,19,20);1H/t13-;/m1./s1. The van der Waals surface area contributed by atoms with Gasteiger partial charge >= 0.3 is 0 Å².